The van der Waals surface area contributed by atoms with Crippen molar-refractivity contribution in [3.63, 3.8) is 0 Å². The summed E-state index contributed by atoms with van der Waals surface area (Å²) in [5.41, 5.74) is 5.03. The lowest BCUT2D eigenvalue weighted by molar-refractivity contribution is 1.10. The highest BCUT2D eigenvalue weighted by Gasteiger charge is 2.04. The first-order valence-electron chi connectivity index (χ1n) is 5.96. The smallest absolute Gasteiger partial charge is 0.140 e. The topological polar surface area (TPSA) is 48.7 Å². The molecule has 0 aliphatic carbocycles. The lowest BCUT2D eigenvalue weighted by Crippen LogP contribution is -2.03. The molecule has 0 radical (unpaired) electrons. The predicted molar refractivity (Wildman–Crippen MR) is 79.9 cm³/mol. The van der Waals surface area contributed by atoms with E-state index in [0.717, 1.165) is 15.7 Å². The zero-order chi connectivity index (χ0) is 13.8. The monoisotopic (exact) mass is 315 g/mol. The number of nitriles is 1. The third-order valence-corrected chi connectivity index (χ3v) is 3.36. The van der Waals surface area contributed by atoms with Crippen molar-refractivity contribution in [2.45, 2.75) is 20.4 Å². The van der Waals surface area contributed by atoms with Gasteiger partial charge in [0.05, 0.1) is 0 Å². The summed E-state index contributed by atoms with van der Waals surface area (Å²) in [5, 5.41) is 12.2. The molecule has 1 aromatic carbocycles. The van der Waals surface area contributed by atoms with E-state index in [4.69, 9.17) is 5.26 Å². The third kappa shape index (κ3) is 3.33. The highest BCUT2D eigenvalue weighted by molar-refractivity contribution is 9.10. The van der Waals surface area contributed by atoms with E-state index in [0.29, 0.717) is 12.2 Å². The number of nitrogens with one attached hydrogen (secondary N) is 1. The van der Waals surface area contributed by atoms with Gasteiger partial charge >= 0.3 is 0 Å². The van der Waals surface area contributed by atoms with Gasteiger partial charge in [0, 0.05) is 22.9 Å². The van der Waals surface area contributed by atoms with Gasteiger partial charge in [-0.25, -0.2) is 4.98 Å². The maximum atomic E-state index is 8.83. The summed E-state index contributed by atoms with van der Waals surface area (Å²) in [5.74, 6) is 0. The van der Waals surface area contributed by atoms with Crippen LogP contribution in [0.2, 0.25) is 0 Å². The molecule has 0 saturated heterocycles. The minimum absolute atomic E-state index is 0.448. The molecule has 19 heavy (non-hydrogen) atoms. The Balaban J connectivity index is 2.17. The molecule has 0 spiro atoms. The first kappa shape index (κ1) is 13.6. The Kier molecular flexibility index (Phi) is 4.18. The number of aryl methyl sites for hydroxylation is 2. The van der Waals surface area contributed by atoms with Crippen LogP contribution in [0.3, 0.4) is 0 Å². The van der Waals surface area contributed by atoms with E-state index >= 15 is 0 Å². The van der Waals surface area contributed by atoms with E-state index in [2.05, 4.69) is 58.3 Å². The van der Waals surface area contributed by atoms with Gasteiger partial charge in [-0.1, -0.05) is 15.9 Å². The Hall–Kier alpha value is -1.86. The normalized spacial score (nSPS) is 10.0. The van der Waals surface area contributed by atoms with E-state index < -0.39 is 0 Å². The van der Waals surface area contributed by atoms with Crippen LogP contribution in [0.4, 0.5) is 5.69 Å². The van der Waals surface area contributed by atoms with Crippen LogP contribution in [-0.2, 0) is 6.54 Å². The number of hydrogen-bond donors (Lipinski definition) is 1. The molecule has 0 amide bonds. The number of halogens is 1. The molecular formula is C15H14BrN3. The lowest BCUT2D eigenvalue weighted by Gasteiger charge is -2.13. The molecule has 1 aromatic heterocycles. The number of hydrogen-bond acceptors (Lipinski definition) is 3. The van der Waals surface area contributed by atoms with Crippen molar-refractivity contribution in [3.8, 4) is 6.07 Å². The average molecular weight is 316 g/mol. The summed E-state index contributed by atoms with van der Waals surface area (Å²) in [6, 6.07) is 9.94. The van der Waals surface area contributed by atoms with Crippen LogP contribution in [0.1, 0.15) is 22.4 Å². The van der Waals surface area contributed by atoms with Crippen LogP contribution >= 0.6 is 15.9 Å². The molecule has 3 nitrogen and oxygen atoms in total. The summed E-state index contributed by atoms with van der Waals surface area (Å²) in [6.07, 6.45) is 1.66. The van der Waals surface area contributed by atoms with Crippen molar-refractivity contribution in [2.75, 3.05) is 5.32 Å². The first-order valence-corrected chi connectivity index (χ1v) is 6.75. The fourth-order valence-electron chi connectivity index (χ4n) is 2.03. The maximum Gasteiger partial charge on any atom is 0.140 e. The molecule has 0 aliphatic rings. The van der Waals surface area contributed by atoms with Crippen molar-refractivity contribution < 1.29 is 0 Å². The van der Waals surface area contributed by atoms with Crippen LogP contribution in [0.25, 0.3) is 0 Å². The molecule has 96 valence electrons. The molecule has 0 aliphatic heterocycles. The molecule has 0 unspecified atom stereocenters. The van der Waals surface area contributed by atoms with Gasteiger partial charge < -0.3 is 5.32 Å². The summed E-state index contributed by atoms with van der Waals surface area (Å²) < 4.78 is 1.09. The molecule has 0 atom stereocenters. The zero-order valence-electron chi connectivity index (χ0n) is 10.9. The van der Waals surface area contributed by atoms with Crippen molar-refractivity contribution >= 4 is 21.6 Å². The molecule has 1 heterocycles. The molecule has 0 fully saturated rings. The van der Waals surface area contributed by atoms with Crippen LogP contribution in [0.5, 0.6) is 0 Å². The van der Waals surface area contributed by atoms with Crippen LogP contribution < -0.4 is 5.32 Å². The van der Waals surface area contributed by atoms with E-state index in [1.165, 1.54) is 11.1 Å². The van der Waals surface area contributed by atoms with Gasteiger partial charge in [0.1, 0.15) is 11.8 Å². The number of anilines is 1. The molecule has 0 bridgehead atoms. The Bertz CT molecular complexity index is 621. The average Bonchev–Trinajstić information content (AvgIpc) is 2.37. The minimum atomic E-state index is 0.448. The molecule has 4 heteroatoms. The second-order valence-electron chi connectivity index (χ2n) is 4.43. The summed E-state index contributed by atoms with van der Waals surface area (Å²) in [6.45, 7) is 4.83. The lowest BCUT2D eigenvalue weighted by atomic mass is 10.1. The largest absolute Gasteiger partial charge is 0.381 e. The SMILES string of the molecule is Cc1cc(Br)cc(C)c1NCc1ccnc(C#N)c1. The van der Waals surface area contributed by atoms with Gasteiger partial charge in [0.2, 0.25) is 0 Å². The van der Waals surface area contributed by atoms with Crippen LogP contribution in [0.15, 0.2) is 34.9 Å². The maximum absolute atomic E-state index is 8.83. The van der Waals surface area contributed by atoms with Crippen LogP contribution in [0, 0.1) is 25.2 Å². The standard InChI is InChI=1S/C15H14BrN3/c1-10-5-13(16)6-11(2)15(10)19-9-12-3-4-18-14(7-12)8-17/h3-7,19H,9H2,1-2H3. The number of pyridine rings is 1. The second kappa shape index (κ2) is 5.85. The number of benzene rings is 1. The van der Waals surface area contributed by atoms with Gasteiger partial charge in [-0.05, 0) is 54.8 Å². The molecule has 1 N–H and O–H groups in total. The van der Waals surface area contributed by atoms with Crippen molar-refractivity contribution in [1.82, 2.24) is 4.98 Å². The molecule has 0 saturated carbocycles. The van der Waals surface area contributed by atoms with E-state index in [1.54, 1.807) is 12.3 Å². The predicted octanol–water partition coefficient (Wildman–Crippen LogP) is 3.94. The fourth-order valence-corrected chi connectivity index (χ4v) is 2.71. The Morgan fingerprint density at radius 2 is 1.95 bits per heavy atom. The first-order chi connectivity index (χ1) is 9.10. The molecule has 2 rings (SSSR count). The highest BCUT2D eigenvalue weighted by atomic mass is 79.9. The van der Waals surface area contributed by atoms with E-state index in [-0.39, 0.29) is 0 Å². The Labute approximate surface area is 121 Å². The zero-order valence-corrected chi connectivity index (χ0v) is 12.5. The van der Waals surface area contributed by atoms with Gasteiger partial charge in [0.15, 0.2) is 0 Å². The van der Waals surface area contributed by atoms with Crippen molar-refractivity contribution in [3.05, 3.63) is 57.3 Å². The van der Waals surface area contributed by atoms with Crippen molar-refractivity contribution in [2.24, 2.45) is 0 Å². The highest BCUT2D eigenvalue weighted by Crippen LogP contribution is 2.25. The van der Waals surface area contributed by atoms with Gasteiger partial charge in [-0.2, -0.15) is 5.26 Å². The molecule has 2 aromatic rings. The van der Waals surface area contributed by atoms with Crippen molar-refractivity contribution in [1.29, 1.82) is 5.26 Å². The van der Waals surface area contributed by atoms with Gasteiger partial charge in [-0.3, -0.25) is 0 Å². The summed E-state index contributed by atoms with van der Waals surface area (Å²) >= 11 is 3.49. The quantitative estimate of drug-likeness (QED) is 0.933. The summed E-state index contributed by atoms with van der Waals surface area (Å²) in [7, 11) is 0. The molecular weight excluding hydrogens is 302 g/mol. The number of aromatic nitrogens is 1. The Morgan fingerprint density at radius 1 is 1.26 bits per heavy atom. The fraction of sp³-hybridized carbons (Fsp3) is 0.200. The van der Waals surface area contributed by atoms with Gasteiger partial charge in [-0.15, -0.1) is 0 Å². The minimum Gasteiger partial charge on any atom is -0.381 e. The second-order valence-corrected chi connectivity index (χ2v) is 5.34. The van der Waals surface area contributed by atoms with E-state index in [1.807, 2.05) is 6.07 Å². The van der Waals surface area contributed by atoms with E-state index in [9.17, 15) is 0 Å². The van der Waals surface area contributed by atoms with Gasteiger partial charge in [0.25, 0.3) is 0 Å². The number of nitrogens with zero attached hydrogens (tertiary/aromatic N) is 2. The number of rotatable bonds is 3. The third-order valence-electron chi connectivity index (χ3n) is 2.91. The van der Waals surface area contributed by atoms with Crippen LogP contribution in [-0.4, -0.2) is 4.98 Å². The summed E-state index contributed by atoms with van der Waals surface area (Å²) in [4.78, 5) is 3.96. The Morgan fingerprint density at radius 3 is 2.58 bits per heavy atom.